The second-order valence-corrected chi connectivity index (χ2v) is 4.35. The number of hydrogen-bond acceptors (Lipinski definition) is 3. The maximum Gasteiger partial charge on any atom is 0.229 e. The van der Waals surface area contributed by atoms with Crippen molar-refractivity contribution in [1.82, 2.24) is 0 Å². The van der Waals surface area contributed by atoms with Crippen molar-refractivity contribution in [2.75, 3.05) is 18.1 Å². The van der Waals surface area contributed by atoms with Crippen molar-refractivity contribution in [2.45, 2.75) is 0 Å². The molecule has 1 aromatic rings. The first kappa shape index (κ1) is 9.85. The highest BCUT2D eigenvalue weighted by atomic mass is 32.2. The number of methoxy groups -OCH3 is 1. The summed E-state index contributed by atoms with van der Waals surface area (Å²) in [4.78, 5) is 0. The maximum atomic E-state index is 10.8. The molecule has 72 valence electrons. The molecule has 0 aromatic heterocycles. The number of sulfonamides is 1. The SMILES string of the molecule is COc1cccc(NS(C)(=O)=O)c1. The van der Waals surface area contributed by atoms with Gasteiger partial charge < -0.3 is 4.74 Å². The summed E-state index contributed by atoms with van der Waals surface area (Å²) in [6, 6.07) is 6.73. The van der Waals surface area contributed by atoms with Crippen LogP contribution in [-0.2, 0) is 10.0 Å². The smallest absolute Gasteiger partial charge is 0.229 e. The summed E-state index contributed by atoms with van der Waals surface area (Å²) in [6.45, 7) is 0. The van der Waals surface area contributed by atoms with Crippen molar-refractivity contribution in [3.05, 3.63) is 24.3 Å². The predicted molar refractivity (Wildman–Crippen MR) is 51.5 cm³/mol. The van der Waals surface area contributed by atoms with Crippen molar-refractivity contribution >= 4 is 15.7 Å². The molecule has 0 aliphatic heterocycles. The van der Waals surface area contributed by atoms with E-state index in [0.29, 0.717) is 11.4 Å². The van der Waals surface area contributed by atoms with Crippen LogP contribution < -0.4 is 9.46 Å². The van der Waals surface area contributed by atoms with Crippen LogP contribution >= 0.6 is 0 Å². The molecule has 1 aromatic carbocycles. The van der Waals surface area contributed by atoms with E-state index in [1.807, 2.05) is 0 Å². The van der Waals surface area contributed by atoms with Gasteiger partial charge in [-0.05, 0) is 12.1 Å². The molecule has 0 spiro atoms. The third-order valence-corrected chi connectivity index (χ3v) is 1.98. The highest BCUT2D eigenvalue weighted by Gasteiger charge is 2.01. The average molecular weight is 201 g/mol. The summed E-state index contributed by atoms with van der Waals surface area (Å²) < 4.78 is 29.0. The lowest BCUT2D eigenvalue weighted by molar-refractivity contribution is 0.415. The largest absolute Gasteiger partial charge is 0.497 e. The molecule has 0 aliphatic rings. The molecular weight excluding hydrogens is 190 g/mol. The molecule has 0 heterocycles. The number of benzene rings is 1. The molecule has 4 nitrogen and oxygen atoms in total. The Bertz CT molecular complexity index is 386. The van der Waals surface area contributed by atoms with Gasteiger partial charge in [0, 0.05) is 6.07 Å². The first-order chi connectivity index (χ1) is 6.01. The van der Waals surface area contributed by atoms with Gasteiger partial charge in [0.15, 0.2) is 0 Å². The minimum Gasteiger partial charge on any atom is -0.497 e. The van der Waals surface area contributed by atoms with Crippen LogP contribution in [0.25, 0.3) is 0 Å². The summed E-state index contributed by atoms with van der Waals surface area (Å²) in [5, 5.41) is 0. The second-order valence-electron chi connectivity index (χ2n) is 2.61. The summed E-state index contributed by atoms with van der Waals surface area (Å²) in [6.07, 6.45) is 1.10. The van der Waals surface area contributed by atoms with Gasteiger partial charge in [-0.2, -0.15) is 0 Å². The molecule has 0 bridgehead atoms. The molecule has 0 saturated carbocycles. The van der Waals surface area contributed by atoms with E-state index in [4.69, 9.17) is 4.74 Å². The second kappa shape index (κ2) is 3.66. The molecule has 0 radical (unpaired) electrons. The lowest BCUT2D eigenvalue weighted by Gasteiger charge is -2.05. The number of hydrogen-bond donors (Lipinski definition) is 1. The summed E-state index contributed by atoms with van der Waals surface area (Å²) in [5.74, 6) is 0.619. The highest BCUT2D eigenvalue weighted by Crippen LogP contribution is 2.17. The molecule has 0 fully saturated rings. The van der Waals surface area contributed by atoms with Gasteiger partial charge in [-0.25, -0.2) is 8.42 Å². The number of rotatable bonds is 3. The van der Waals surface area contributed by atoms with Gasteiger partial charge in [-0.15, -0.1) is 0 Å². The van der Waals surface area contributed by atoms with Gasteiger partial charge in [-0.3, -0.25) is 4.72 Å². The van der Waals surface area contributed by atoms with Crippen molar-refractivity contribution in [2.24, 2.45) is 0 Å². The minimum absolute atomic E-state index is 0.502. The van der Waals surface area contributed by atoms with Crippen molar-refractivity contribution in [3.63, 3.8) is 0 Å². The fourth-order valence-electron chi connectivity index (χ4n) is 0.901. The van der Waals surface area contributed by atoms with Gasteiger partial charge in [-0.1, -0.05) is 6.07 Å². The van der Waals surface area contributed by atoms with Crippen LogP contribution in [-0.4, -0.2) is 21.8 Å². The Morgan fingerprint density at radius 2 is 2.08 bits per heavy atom. The van der Waals surface area contributed by atoms with Crippen molar-refractivity contribution in [3.8, 4) is 5.75 Å². The quantitative estimate of drug-likeness (QED) is 0.795. The number of anilines is 1. The van der Waals surface area contributed by atoms with Crippen molar-refractivity contribution < 1.29 is 13.2 Å². The lowest BCUT2D eigenvalue weighted by atomic mass is 10.3. The molecule has 1 N–H and O–H groups in total. The van der Waals surface area contributed by atoms with E-state index in [2.05, 4.69) is 4.72 Å². The minimum atomic E-state index is -3.21. The van der Waals surface area contributed by atoms with E-state index >= 15 is 0 Å². The van der Waals surface area contributed by atoms with Crippen LogP contribution in [0.1, 0.15) is 0 Å². The number of ether oxygens (including phenoxy) is 1. The summed E-state index contributed by atoms with van der Waals surface area (Å²) >= 11 is 0. The van der Waals surface area contributed by atoms with E-state index in [1.165, 1.54) is 7.11 Å². The maximum absolute atomic E-state index is 10.8. The molecule has 0 saturated heterocycles. The van der Waals surface area contributed by atoms with Crippen LogP contribution in [0, 0.1) is 0 Å². The molecular formula is C8H11NO3S. The van der Waals surface area contributed by atoms with Gasteiger partial charge in [0.05, 0.1) is 19.1 Å². The zero-order valence-electron chi connectivity index (χ0n) is 7.44. The third-order valence-electron chi connectivity index (χ3n) is 1.37. The monoisotopic (exact) mass is 201 g/mol. The molecule has 0 aliphatic carbocycles. The van der Waals surface area contributed by atoms with Gasteiger partial charge in [0.1, 0.15) is 5.75 Å². The first-order valence-corrected chi connectivity index (χ1v) is 5.52. The standard InChI is InChI=1S/C8H11NO3S/c1-12-8-5-3-4-7(6-8)9-13(2,10)11/h3-6,9H,1-2H3. The van der Waals surface area contributed by atoms with Crippen LogP contribution in [0.4, 0.5) is 5.69 Å². The van der Waals surface area contributed by atoms with Crippen LogP contribution in [0.3, 0.4) is 0 Å². The summed E-state index contributed by atoms with van der Waals surface area (Å²) in [5.41, 5.74) is 0.502. The zero-order chi connectivity index (χ0) is 9.90. The Hall–Kier alpha value is -1.23. The van der Waals surface area contributed by atoms with Gasteiger partial charge >= 0.3 is 0 Å². The van der Waals surface area contributed by atoms with E-state index in [-0.39, 0.29) is 0 Å². The lowest BCUT2D eigenvalue weighted by Crippen LogP contribution is -2.09. The summed E-state index contributed by atoms with van der Waals surface area (Å²) in [7, 11) is -1.68. The molecule has 5 heteroatoms. The van der Waals surface area contributed by atoms with Crippen LogP contribution in [0.2, 0.25) is 0 Å². The average Bonchev–Trinajstić information content (AvgIpc) is 2.01. The molecule has 0 atom stereocenters. The van der Waals surface area contributed by atoms with Crippen molar-refractivity contribution in [1.29, 1.82) is 0 Å². The van der Waals surface area contributed by atoms with E-state index in [9.17, 15) is 8.42 Å². The molecule has 1 rings (SSSR count). The third kappa shape index (κ3) is 3.33. The molecule has 0 amide bonds. The van der Waals surface area contributed by atoms with E-state index < -0.39 is 10.0 Å². The Kier molecular flexibility index (Phi) is 2.77. The van der Waals surface area contributed by atoms with Gasteiger partial charge in [0.25, 0.3) is 0 Å². The fourth-order valence-corrected chi connectivity index (χ4v) is 1.46. The Morgan fingerprint density at radius 3 is 2.62 bits per heavy atom. The Morgan fingerprint density at radius 1 is 1.38 bits per heavy atom. The zero-order valence-corrected chi connectivity index (χ0v) is 8.26. The Labute approximate surface area is 77.6 Å². The predicted octanol–water partition coefficient (Wildman–Crippen LogP) is 1.07. The highest BCUT2D eigenvalue weighted by molar-refractivity contribution is 7.92. The Balaban J connectivity index is 2.90. The van der Waals surface area contributed by atoms with Gasteiger partial charge in [0.2, 0.25) is 10.0 Å². The first-order valence-electron chi connectivity index (χ1n) is 3.63. The molecule has 0 unspecified atom stereocenters. The fraction of sp³-hybridized carbons (Fsp3) is 0.250. The number of nitrogens with one attached hydrogen (secondary N) is 1. The normalized spacial score (nSPS) is 10.9. The van der Waals surface area contributed by atoms with Crippen LogP contribution in [0.15, 0.2) is 24.3 Å². The molecule has 13 heavy (non-hydrogen) atoms. The topological polar surface area (TPSA) is 55.4 Å². The van der Waals surface area contributed by atoms with E-state index in [1.54, 1.807) is 24.3 Å². The van der Waals surface area contributed by atoms with E-state index in [0.717, 1.165) is 6.26 Å². The van der Waals surface area contributed by atoms with Crippen LogP contribution in [0.5, 0.6) is 5.75 Å².